The molecule has 0 spiro atoms. The molecule has 0 atom stereocenters. The smallest absolute Gasteiger partial charge is 0.232 e. The van der Waals surface area contributed by atoms with Gasteiger partial charge in [-0.3, -0.25) is 9.10 Å². The molecule has 0 radical (unpaired) electrons. The summed E-state index contributed by atoms with van der Waals surface area (Å²) in [5, 5.41) is 3.20. The van der Waals surface area contributed by atoms with Gasteiger partial charge < -0.3 is 10.1 Å². The summed E-state index contributed by atoms with van der Waals surface area (Å²) < 4.78 is 30.5. The van der Waals surface area contributed by atoms with E-state index in [0.29, 0.717) is 23.0 Å². The van der Waals surface area contributed by atoms with Crippen molar-refractivity contribution in [1.82, 2.24) is 5.32 Å². The van der Waals surface area contributed by atoms with Crippen LogP contribution in [0.2, 0.25) is 5.02 Å². The highest BCUT2D eigenvalue weighted by Gasteiger charge is 2.19. The molecular weight excluding hydrogens is 376 g/mol. The summed E-state index contributed by atoms with van der Waals surface area (Å²) >= 11 is 5.94. The molecular formula is C18H21ClN2O4S. The van der Waals surface area contributed by atoms with E-state index in [1.165, 1.54) is 4.31 Å². The fourth-order valence-corrected chi connectivity index (χ4v) is 3.56. The van der Waals surface area contributed by atoms with Crippen LogP contribution in [0, 0.1) is 0 Å². The van der Waals surface area contributed by atoms with E-state index in [9.17, 15) is 13.2 Å². The Balaban J connectivity index is 1.99. The number of benzene rings is 2. The van der Waals surface area contributed by atoms with Gasteiger partial charge in [0.05, 0.1) is 19.1 Å². The molecule has 0 bridgehead atoms. The highest BCUT2D eigenvalue weighted by molar-refractivity contribution is 7.92. The molecule has 0 aliphatic heterocycles. The van der Waals surface area contributed by atoms with Crippen LogP contribution in [0.5, 0.6) is 5.75 Å². The zero-order valence-electron chi connectivity index (χ0n) is 14.6. The van der Waals surface area contributed by atoms with Crippen molar-refractivity contribution < 1.29 is 17.9 Å². The summed E-state index contributed by atoms with van der Waals surface area (Å²) in [5.74, 6) is 0.427. The largest absolute Gasteiger partial charge is 0.496 e. The number of carbonyl (C=O) groups excluding carboxylic acids is 1. The molecule has 8 heteroatoms. The Labute approximate surface area is 158 Å². The van der Waals surface area contributed by atoms with E-state index in [1.807, 2.05) is 24.3 Å². The molecule has 140 valence electrons. The molecule has 2 aromatic carbocycles. The second-order valence-corrected chi connectivity index (χ2v) is 8.00. The van der Waals surface area contributed by atoms with Crippen molar-refractivity contribution in [3.8, 4) is 5.75 Å². The quantitative estimate of drug-likeness (QED) is 0.744. The van der Waals surface area contributed by atoms with E-state index in [2.05, 4.69) is 5.32 Å². The van der Waals surface area contributed by atoms with E-state index >= 15 is 0 Å². The molecule has 0 unspecified atom stereocenters. The van der Waals surface area contributed by atoms with Crippen molar-refractivity contribution in [3.05, 3.63) is 59.1 Å². The molecule has 0 saturated carbocycles. The summed E-state index contributed by atoms with van der Waals surface area (Å²) in [5.41, 5.74) is 1.27. The van der Waals surface area contributed by atoms with Crippen LogP contribution in [0.25, 0.3) is 0 Å². The van der Waals surface area contributed by atoms with Gasteiger partial charge in [0.1, 0.15) is 5.75 Å². The minimum absolute atomic E-state index is 0.0226. The summed E-state index contributed by atoms with van der Waals surface area (Å²) in [6.07, 6.45) is 1.12. The maximum Gasteiger partial charge on any atom is 0.232 e. The third-order valence-electron chi connectivity index (χ3n) is 3.71. The van der Waals surface area contributed by atoms with E-state index in [1.54, 1.807) is 31.4 Å². The van der Waals surface area contributed by atoms with Gasteiger partial charge in [-0.25, -0.2) is 8.42 Å². The first-order valence-electron chi connectivity index (χ1n) is 7.93. The summed E-state index contributed by atoms with van der Waals surface area (Å²) in [7, 11) is -1.97. The lowest BCUT2D eigenvalue weighted by molar-refractivity contribution is -0.121. The number of nitrogens with zero attached hydrogens (tertiary/aromatic N) is 1. The van der Waals surface area contributed by atoms with Crippen LogP contribution in [0.1, 0.15) is 12.0 Å². The van der Waals surface area contributed by atoms with Crippen LogP contribution in [0.4, 0.5) is 5.69 Å². The lowest BCUT2D eigenvalue weighted by Gasteiger charge is -2.22. The summed E-state index contributed by atoms with van der Waals surface area (Å²) in [6.45, 7) is 0.329. The third kappa shape index (κ3) is 5.64. The van der Waals surface area contributed by atoms with E-state index < -0.39 is 10.0 Å². The van der Waals surface area contributed by atoms with Crippen molar-refractivity contribution in [2.45, 2.75) is 13.0 Å². The van der Waals surface area contributed by atoms with E-state index in [-0.39, 0.29) is 18.9 Å². The van der Waals surface area contributed by atoms with Gasteiger partial charge in [0.25, 0.3) is 0 Å². The fourth-order valence-electron chi connectivity index (χ4n) is 2.45. The Morgan fingerprint density at radius 3 is 2.58 bits per heavy atom. The molecule has 0 aliphatic rings. The third-order valence-corrected chi connectivity index (χ3v) is 5.14. The molecule has 0 aromatic heterocycles. The van der Waals surface area contributed by atoms with Crippen LogP contribution in [-0.2, 0) is 21.4 Å². The average molecular weight is 397 g/mol. The van der Waals surface area contributed by atoms with Crippen LogP contribution < -0.4 is 14.4 Å². The maximum atomic E-state index is 12.1. The Morgan fingerprint density at radius 2 is 1.92 bits per heavy atom. The highest BCUT2D eigenvalue weighted by atomic mass is 35.5. The average Bonchev–Trinajstić information content (AvgIpc) is 2.59. The number of rotatable bonds is 8. The number of hydrogen-bond acceptors (Lipinski definition) is 4. The first kappa shape index (κ1) is 20.1. The van der Waals surface area contributed by atoms with Crippen molar-refractivity contribution in [1.29, 1.82) is 0 Å². The van der Waals surface area contributed by atoms with Crippen molar-refractivity contribution >= 4 is 33.2 Å². The molecule has 2 rings (SSSR count). The molecule has 0 saturated heterocycles. The number of para-hydroxylation sites is 1. The highest BCUT2D eigenvalue weighted by Crippen LogP contribution is 2.22. The lowest BCUT2D eigenvalue weighted by atomic mass is 10.2. The number of methoxy groups -OCH3 is 1. The first-order valence-corrected chi connectivity index (χ1v) is 10.2. The molecule has 0 fully saturated rings. The number of ether oxygens (including phenoxy) is 1. The van der Waals surface area contributed by atoms with E-state index in [0.717, 1.165) is 11.8 Å². The second kappa shape index (κ2) is 8.91. The molecule has 2 aromatic rings. The molecule has 1 amide bonds. The Hall–Kier alpha value is -2.25. The fraction of sp³-hybridized carbons (Fsp3) is 0.278. The van der Waals surface area contributed by atoms with Crippen LogP contribution >= 0.6 is 11.6 Å². The Kier molecular flexibility index (Phi) is 6.88. The zero-order chi connectivity index (χ0) is 19.2. The topological polar surface area (TPSA) is 75.7 Å². The van der Waals surface area contributed by atoms with E-state index in [4.69, 9.17) is 16.3 Å². The normalized spacial score (nSPS) is 11.0. The van der Waals surface area contributed by atoms with Gasteiger partial charge in [-0.2, -0.15) is 0 Å². The monoisotopic (exact) mass is 396 g/mol. The van der Waals surface area contributed by atoms with Gasteiger partial charge >= 0.3 is 0 Å². The van der Waals surface area contributed by atoms with Gasteiger partial charge in [0.2, 0.25) is 15.9 Å². The Bertz CT molecular complexity index is 871. The molecule has 26 heavy (non-hydrogen) atoms. The predicted molar refractivity (Wildman–Crippen MR) is 103 cm³/mol. The lowest BCUT2D eigenvalue weighted by Crippen LogP contribution is -2.34. The van der Waals surface area contributed by atoms with Crippen LogP contribution in [-0.4, -0.2) is 34.2 Å². The van der Waals surface area contributed by atoms with Gasteiger partial charge in [0.15, 0.2) is 0 Å². The standard InChI is InChI=1S/C18H21ClN2O4S/c1-25-17-9-4-3-6-14(17)13-20-18(22)10-11-21(26(2,23)24)16-8-5-7-15(19)12-16/h3-9,12H,10-11,13H2,1-2H3,(H,20,22). The Morgan fingerprint density at radius 1 is 1.19 bits per heavy atom. The maximum absolute atomic E-state index is 12.1. The van der Waals surface area contributed by atoms with Crippen LogP contribution in [0.3, 0.4) is 0 Å². The summed E-state index contributed by atoms with van der Waals surface area (Å²) in [6, 6.07) is 13.9. The minimum atomic E-state index is -3.53. The molecule has 1 N–H and O–H groups in total. The predicted octanol–water partition coefficient (Wildman–Crippen LogP) is 2.82. The second-order valence-electron chi connectivity index (χ2n) is 5.65. The first-order chi connectivity index (χ1) is 12.3. The number of anilines is 1. The number of nitrogens with one attached hydrogen (secondary N) is 1. The number of sulfonamides is 1. The van der Waals surface area contributed by atoms with Gasteiger partial charge in [-0.15, -0.1) is 0 Å². The molecule has 0 aliphatic carbocycles. The van der Waals surface area contributed by atoms with Crippen molar-refractivity contribution in [2.75, 3.05) is 24.2 Å². The van der Waals surface area contributed by atoms with Crippen molar-refractivity contribution in [2.24, 2.45) is 0 Å². The van der Waals surface area contributed by atoms with Crippen LogP contribution in [0.15, 0.2) is 48.5 Å². The van der Waals surface area contributed by atoms with Gasteiger partial charge in [-0.05, 0) is 24.3 Å². The minimum Gasteiger partial charge on any atom is -0.496 e. The number of hydrogen-bond donors (Lipinski definition) is 1. The van der Waals surface area contributed by atoms with Crippen molar-refractivity contribution in [3.63, 3.8) is 0 Å². The molecule has 0 heterocycles. The molecule has 6 nitrogen and oxygen atoms in total. The number of halogens is 1. The van der Waals surface area contributed by atoms with Gasteiger partial charge in [0, 0.05) is 30.1 Å². The number of amides is 1. The SMILES string of the molecule is COc1ccccc1CNC(=O)CCN(c1cccc(Cl)c1)S(C)(=O)=O. The van der Waals surface area contributed by atoms with Gasteiger partial charge in [-0.1, -0.05) is 35.9 Å². The summed E-state index contributed by atoms with van der Waals surface area (Å²) in [4.78, 5) is 12.1. The zero-order valence-corrected chi connectivity index (χ0v) is 16.2. The number of carbonyl (C=O) groups is 1.